The van der Waals surface area contributed by atoms with E-state index >= 15 is 0 Å². The number of rotatable bonds is 5. The molecule has 116 valence electrons. The minimum atomic E-state index is -0.185. The van der Waals surface area contributed by atoms with Crippen LogP contribution in [-0.4, -0.2) is 40.8 Å². The van der Waals surface area contributed by atoms with Crippen molar-refractivity contribution in [2.75, 3.05) is 24.7 Å². The van der Waals surface area contributed by atoms with Gasteiger partial charge in [-0.05, 0) is 19.1 Å². The number of hydrogen-bond acceptors (Lipinski definition) is 3. The Labute approximate surface area is 131 Å². The molecule has 0 aliphatic rings. The van der Waals surface area contributed by atoms with E-state index in [1.54, 1.807) is 18.8 Å². The Kier molecular flexibility index (Phi) is 6.27. The van der Waals surface area contributed by atoms with E-state index in [1.165, 1.54) is 4.90 Å². The molecule has 0 unspecified atom stereocenters. The fraction of sp³-hybridized carbons (Fsp3) is 0.500. The maximum Gasteiger partial charge on any atom is 0.243 e. The van der Waals surface area contributed by atoms with E-state index in [4.69, 9.17) is 0 Å². The summed E-state index contributed by atoms with van der Waals surface area (Å²) in [6, 6.07) is 7.57. The first-order valence-corrected chi connectivity index (χ1v) is 7.90. The van der Waals surface area contributed by atoms with E-state index in [0.717, 1.165) is 11.3 Å². The topological polar surface area (TPSA) is 49.4 Å². The summed E-state index contributed by atoms with van der Waals surface area (Å²) in [4.78, 5) is 25.3. The van der Waals surface area contributed by atoms with Crippen molar-refractivity contribution in [1.29, 1.82) is 0 Å². The van der Waals surface area contributed by atoms with Crippen molar-refractivity contribution in [3.05, 3.63) is 29.8 Å². The lowest BCUT2D eigenvalue weighted by Crippen LogP contribution is -2.36. The van der Waals surface area contributed by atoms with Crippen LogP contribution in [0, 0.1) is 6.92 Å². The third kappa shape index (κ3) is 7.18. The number of benzene rings is 1. The molecule has 0 bridgehead atoms. The van der Waals surface area contributed by atoms with Crippen LogP contribution in [0.4, 0.5) is 5.69 Å². The van der Waals surface area contributed by atoms with Crippen molar-refractivity contribution in [3.8, 4) is 0 Å². The number of hydrogen-bond donors (Lipinski definition) is 1. The van der Waals surface area contributed by atoms with E-state index in [2.05, 4.69) is 26.1 Å². The van der Waals surface area contributed by atoms with Gasteiger partial charge in [0, 0.05) is 17.5 Å². The second-order valence-corrected chi connectivity index (χ2v) is 7.87. The molecule has 0 aliphatic carbocycles. The maximum absolute atomic E-state index is 11.9. The summed E-state index contributed by atoms with van der Waals surface area (Å²) in [5, 5.41) is 2.79. The smallest absolute Gasteiger partial charge is 0.243 e. The summed E-state index contributed by atoms with van der Waals surface area (Å²) in [6.45, 7) is 8.25. The van der Waals surface area contributed by atoms with Gasteiger partial charge in [-0.15, -0.1) is 11.8 Å². The van der Waals surface area contributed by atoms with Crippen LogP contribution >= 0.6 is 11.8 Å². The maximum atomic E-state index is 11.9. The SMILES string of the molecule is Cc1ccc(NC(=O)CN(C)C(=O)CSC(C)(C)C)cc1. The van der Waals surface area contributed by atoms with Gasteiger partial charge in [0.25, 0.3) is 0 Å². The van der Waals surface area contributed by atoms with Gasteiger partial charge < -0.3 is 10.2 Å². The molecule has 2 amide bonds. The third-order valence-electron chi connectivity index (χ3n) is 2.77. The molecule has 0 saturated heterocycles. The molecule has 0 spiro atoms. The Morgan fingerprint density at radius 2 is 1.76 bits per heavy atom. The zero-order chi connectivity index (χ0) is 16.0. The fourth-order valence-corrected chi connectivity index (χ4v) is 2.31. The van der Waals surface area contributed by atoms with Crippen LogP contribution in [0.25, 0.3) is 0 Å². The summed E-state index contributed by atoms with van der Waals surface area (Å²) in [7, 11) is 1.65. The second-order valence-electron chi connectivity index (χ2n) is 6.07. The zero-order valence-corrected chi connectivity index (χ0v) is 14.2. The lowest BCUT2D eigenvalue weighted by molar-refractivity contribution is -0.131. The first kappa shape index (κ1) is 17.6. The van der Waals surface area contributed by atoms with Crippen LogP contribution in [0.1, 0.15) is 26.3 Å². The van der Waals surface area contributed by atoms with Crippen LogP contribution in [0.2, 0.25) is 0 Å². The minimum absolute atomic E-state index is 0.0334. The largest absolute Gasteiger partial charge is 0.336 e. The Bertz CT molecular complexity index is 492. The molecule has 5 heteroatoms. The molecule has 1 aromatic rings. The number of likely N-dealkylation sites (N-methyl/N-ethyl adjacent to an activating group) is 1. The van der Waals surface area contributed by atoms with Gasteiger partial charge in [0.15, 0.2) is 0 Å². The Morgan fingerprint density at radius 1 is 1.19 bits per heavy atom. The number of amides is 2. The first-order chi connectivity index (χ1) is 9.67. The van der Waals surface area contributed by atoms with Crippen molar-refractivity contribution in [1.82, 2.24) is 4.90 Å². The first-order valence-electron chi connectivity index (χ1n) is 6.92. The number of nitrogens with one attached hydrogen (secondary N) is 1. The van der Waals surface area contributed by atoms with Gasteiger partial charge >= 0.3 is 0 Å². The van der Waals surface area contributed by atoms with Crippen molar-refractivity contribution in [2.24, 2.45) is 0 Å². The van der Waals surface area contributed by atoms with Gasteiger partial charge in [-0.1, -0.05) is 38.5 Å². The molecule has 0 fully saturated rings. The fourth-order valence-electron chi connectivity index (χ4n) is 1.53. The number of nitrogens with zero attached hydrogens (tertiary/aromatic N) is 1. The molecule has 1 N–H and O–H groups in total. The number of thioether (sulfide) groups is 1. The van der Waals surface area contributed by atoms with E-state index in [1.807, 2.05) is 31.2 Å². The Hall–Kier alpha value is -1.49. The van der Waals surface area contributed by atoms with E-state index in [-0.39, 0.29) is 23.1 Å². The van der Waals surface area contributed by atoms with Gasteiger partial charge in [-0.3, -0.25) is 9.59 Å². The zero-order valence-electron chi connectivity index (χ0n) is 13.4. The molecule has 0 radical (unpaired) electrons. The minimum Gasteiger partial charge on any atom is -0.336 e. The highest BCUT2D eigenvalue weighted by Crippen LogP contribution is 2.23. The lowest BCUT2D eigenvalue weighted by Gasteiger charge is -2.21. The highest BCUT2D eigenvalue weighted by molar-refractivity contribution is 8.01. The van der Waals surface area contributed by atoms with Gasteiger partial charge in [0.1, 0.15) is 0 Å². The van der Waals surface area contributed by atoms with Crippen LogP contribution in [-0.2, 0) is 9.59 Å². The molecular formula is C16H24N2O2S. The van der Waals surface area contributed by atoms with Crippen LogP contribution in [0.5, 0.6) is 0 Å². The lowest BCUT2D eigenvalue weighted by atomic mass is 10.2. The quantitative estimate of drug-likeness (QED) is 0.910. The average Bonchev–Trinajstić information content (AvgIpc) is 2.37. The summed E-state index contributed by atoms with van der Waals surface area (Å²) in [6.07, 6.45) is 0. The van der Waals surface area contributed by atoms with Gasteiger partial charge in [-0.25, -0.2) is 0 Å². The molecule has 1 aromatic carbocycles. The van der Waals surface area contributed by atoms with E-state index in [9.17, 15) is 9.59 Å². The van der Waals surface area contributed by atoms with Crippen molar-refractivity contribution in [2.45, 2.75) is 32.4 Å². The third-order valence-corrected chi connectivity index (χ3v) is 4.03. The number of aryl methyl sites for hydroxylation is 1. The summed E-state index contributed by atoms with van der Waals surface area (Å²) in [5.41, 5.74) is 1.88. The molecule has 0 atom stereocenters. The molecule has 4 nitrogen and oxygen atoms in total. The molecule has 0 aliphatic heterocycles. The number of carbonyl (C=O) groups excluding carboxylic acids is 2. The van der Waals surface area contributed by atoms with Crippen LogP contribution < -0.4 is 5.32 Å². The normalized spacial score (nSPS) is 11.1. The number of carbonyl (C=O) groups is 2. The number of anilines is 1. The molecule has 0 aromatic heterocycles. The average molecular weight is 308 g/mol. The molecule has 0 heterocycles. The van der Waals surface area contributed by atoms with Gasteiger partial charge in [-0.2, -0.15) is 0 Å². The van der Waals surface area contributed by atoms with Gasteiger partial charge in [0.05, 0.1) is 12.3 Å². The summed E-state index contributed by atoms with van der Waals surface area (Å²) < 4.78 is 0.0423. The van der Waals surface area contributed by atoms with E-state index < -0.39 is 0 Å². The standard InChI is InChI=1S/C16H24N2O2S/c1-12-6-8-13(9-7-12)17-14(19)10-18(5)15(20)11-21-16(2,3)4/h6-9H,10-11H2,1-5H3,(H,17,19). The summed E-state index contributed by atoms with van der Waals surface area (Å²) in [5.74, 6) is 0.169. The van der Waals surface area contributed by atoms with E-state index in [0.29, 0.717) is 5.75 Å². The second kappa shape index (κ2) is 7.50. The van der Waals surface area contributed by atoms with Gasteiger partial charge in [0.2, 0.25) is 11.8 Å². The molecule has 1 rings (SSSR count). The van der Waals surface area contributed by atoms with Crippen LogP contribution in [0.3, 0.4) is 0 Å². The summed E-state index contributed by atoms with van der Waals surface area (Å²) >= 11 is 1.58. The Morgan fingerprint density at radius 3 is 2.29 bits per heavy atom. The monoisotopic (exact) mass is 308 g/mol. The van der Waals surface area contributed by atoms with Crippen molar-refractivity contribution in [3.63, 3.8) is 0 Å². The predicted molar refractivity (Wildman–Crippen MR) is 89.7 cm³/mol. The Balaban J connectivity index is 2.43. The predicted octanol–water partition coefficient (Wildman–Crippen LogP) is 2.92. The van der Waals surface area contributed by atoms with Crippen LogP contribution in [0.15, 0.2) is 24.3 Å². The molecule has 0 saturated carbocycles. The van der Waals surface area contributed by atoms with Crippen molar-refractivity contribution >= 4 is 29.3 Å². The molecule has 21 heavy (non-hydrogen) atoms. The molecular weight excluding hydrogens is 284 g/mol. The highest BCUT2D eigenvalue weighted by atomic mass is 32.2. The highest BCUT2D eigenvalue weighted by Gasteiger charge is 2.17. The van der Waals surface area contributed by atoms with Crippen molar-refractivity contribution < 1.29 is 9.59 Å².